The third-order valence-corrected chi connectivity index (χ3v) is 11.2. The molecule has 15 heteroatoms. The number of thioether (sulfide) groups is 1. The summed E-state index contributed by atoms with van der Waals surface area (Å²) in [5.41, 5.74) is 1.42. The van der Waals surface area contributed by atoms with Gasteiger partial charge in [-0.3, -0.25) is 24.0 Å². The van der Waals surface area contributed by atoms with Gasteiger partial charge in [0.05, 0.1) is 19.2 Å². The van der Waals surface area contributed by atoms with Crippen LogP contribution in [-0.4, -0.2) is 94.6 Å². The number of nitrogens with one attached hydrogen (secondary N) is 4. The summed E-state index contributed by atoms with van der Waals surface area (Å²) in [6.45, 7) is 5.37. The van der Waals surface area contributed by atoms with Gasteiger partial charge in [0, 0.05) is 17.5 Å². The normalized spacial score (nSPS) is 18.6. The third-order valence-electron chi connectivity index (χ3n) is 9.91. The summed E-state index contributed by atoms with van der Waals surface area (Å²) in [6.07, 6.45) is 4.46. The topological polar surface area (TPSA) is 200 Å². The summed E-state index contributed by atoms with van der Waals surface area (Å²) >= 11 is 1.61. The first kappa shape index (κ1) is 43.8. The van der Waals surface area contributed by atoms with Crippen molar-refractivity contribution < 1.29 is 43.4 Å². The van der Waals surface area contributed by atoms with Gasteiger partial charge in [-0.1, -0.05) is 107 Å². The van der Waals surface area contributed by atoms with Crippen LogP contribution < -0.4 is 21.3 Å². The number of hydrogen-bond acceptors (Lipinski definition) is 9. The van der Waals surface area contributed by atoms with E-state index in [9.17, 15) is 38.7 Å². The summed E-state index contributed by atoms with van der Waals surface area (Å²) < 4.78 is 5.40. The van der Waals surface area contributed by atoms with Gasteiger partial charge in [0.25, 0.3) is 5.91 Å². The number of ether oxygens (including phenoxy) is 1. The van der Waals surface area contributed by atoms with E-state index in [4.69, 9.17) is 4.74 Å². The maximum atomic E-state index is 14.5. The summed E-state index contributed by atoms with van der Waals surface area (Å²) in [7, 11) is 0. The molecular weight excluding hydrogens is 739 g/mol. The van der Waals surface area contributed by atoms with Crippen molar-refractivity contribution in [3.8, 4) is 0 Å². The number of carbonyl (C=O) groups is 7. The molecule has 1 aliphatic heterocycles. The van der Waals surface area contributed by atoms with Gasteiger partial charge in [-0.25, -0.2) is 9.59 Å². The number of ketones is 1. The standard InChI is InChI=1S/C41H55N5O9S/c1-4-14-31(36(48)38(50)42-22-33(47)44-35(40(52)53)29-19-12-7-13-20-29)43-37(49)32-21-30(56-25-27-15-8-5-9-16-27)23-46(32)39(51)34(28-17-10-6-11-18-28)45-41(54)55-24-26(2)3/h5,7-9,12-13,15-16,19-20,26,28,30-32,34-35H,4,6,10-11,14,17-18,21-25H2,1-3H3,(H,42,50)(H,43,49)(H,44,47)(H,45,54)(H,52,53)/t30-,31?,32?,34?,35?/m1/s1. The van der Waals surface area contributed by atoms with Crippen LogP contribution in [0.5, 0.6) is 0 Å². The molecule has 1 saturated heterocycles. The number of carbonyl (C=O) groups excluding carboxylic acids is 6. The Labute approximate surface area is 332 Å². The van der Waals surface area contributed by atoms with Crippen molar-refractivity contribution >= 4 is 53.2 Å². The maximum Gasteiger partial charge on any atom is 0.407 e. The molecule has 0 aromatic heterocycles. The van der Waals surface area contributed by atoms with E-state index in [-0.39, 0.29) is 43.1 Å². The van der Waals surface area contributed by atoms with Crippen LogP contribution in [0.25, 0.3) is 0 Å². The fraction of sp³-hybridized carbons (Fsp3) is 0.537. The molecular formula is C41H55N5O9S. The van der Waals surface area contributed by atoms with Gasteiger partial charge in [-0.15, -0.1) is 0 Å². The molecule has 304 valence electrons. The van der Waals surface area contributed by atoms with Crippen LogP contribution in [0.2, 0.25) is 0 Å². The minimum atomic E-state index is -1.37. The van der Waals surface area contributed by atoms with Crippen molar-refractivity contribution in [1.82, 2.24) is 26.2 Å². The quantitative estimate of drug-likeness (QED) is 0.129. The van der Waals surface area contributed by atoms with E-state index in [1.165, 1.54) is 17.0 Å². The first-order valence-corrected chi connectivity index (χ1v) is 20.5. The summed E-state index contributed by atoms with van der Waals surface area (Å²) in [4.78, 5) is 94.0. The molecule has 4 rings (SSSR count). The second-order valence-corrected chi connectivity index (χ2v) is 16.1. The summed E-state index contributed by atoms with van der Waals surface area (Å²) in [5.74, 6) is -4.62. The lowest BCUT2D eigenvalue weighted by atomic mass is 9.83. The first-order valence-electron chi connectivity index (χ1n) is 19.5. The van der Waals surface area contributed by atoms with Crippen LogP contribution in [0.3, 0.4) is 0 Å². The molecule has 5 atom stereocenters. The molecule has 2 aromatic carbocycles. The van der Waals surface area contributed by atoms with E-state index in [1.54, 1.807) is 36.9 Å². The molecule has 2 aromatic rings. The lowest BCUT2D eigenvalue weighted by Crippen LogP contribution is -2.58. The van der Waals surface area contributed by atoms with Crippen LogP contribution in [-0.2, 0) is 39.3 Å². The monoisotopic (exact) mass is 793 g/mol. The molecule has 0 spiro atoms. The Hall–Kier alpha value is -4.92. The second kappa shape index (κ2) is 22.0. The number of carboxylic acid groups (broad SMARTS) is 1. The average Bonchev–Trinajstić information content (AvgIpc) is 3.64. The Morgan fingerprint density at radius 3 is 2.18 bits per heavy atom. The molecule has 2 fully saturated rings. The van der Waals surface area contributed by atoms with Crippen LogP contribution in [0, 0.1) is 11.8 Å². The number of benzene rings is 2. The van der Waals surface area contributed by atoms with Crippen LogP contribution >= 0.6 is 11.8 Å². The van der Waals surface area contributed by atoms with E-state index in [0.29, 0.717) is 17.7 Å². The largest absolute Gasteiger partial charge is 0.479 e. The maximum absolute atomic E-state index is 14.5. The van der Waals surface area contributed by atoms with Crippen molar-refractivity contribution in [3.63, 3.8) is 0 Å². The lowest BCUT2D eigenvalue weighted by molar-refractivity contribution is -0.144. The van der Waals surface area contributed by atoms with Gasteiger partial charge in [0.2, 0.25) is 23.5 Å². The zero-order valence-corrected chi connectivity index (χ0v) is 33.2. The van der Waals surface area contributed by atoms with Gasteiger partial charge in [0.15, 0.2) is 6.04 Å². The molecule has 4 unspecified atom stereocenters. The molecule has 5 N–H and O–H groups in total. The second-order valence-electron chi connectivity index (χ2n) is 14.8. The SMILES string of the molecule is CCCC(NC(=O)C1C[C@@H](SCc2ccccc2)CN1C(=O)C(NC(=O)OCC(C)C)C1CCCCC1)C(=O)C(=O)NCC(=O)NC(C(=O)O)c1ccccc1. The number of hydrogen-bond donors (Lipinski definition) is 5. The number of Topliss-reactive ketones (excluding diaryl/α,β-unsaturated/α-hetero) is 1. The van der Waals surface area contributed by atoms with Gasteiger partial charge in [-0.05, 0) is 48.6 Å². The predicted molar refractivity (Wildman–Crippen MR) is 211 cm³/mol. The smallest absolute Gasteiger partial charge is 0.407 e. The molecule has 1 aliphatic carbocycles. The highest BCUT2D eigenvalue weighted by Crippen LogP contribution is 2.33. The van der Waals surface area contributed by atoms with E-state index in [1.807, 2.05) is 44.2 Å². The van der Waals surface area contributed by atoms with Gasteiger partial charge >= 0.3 is 12.1 Å². The Morgan fingerprint density at radius 1 is 0.893 bits per heavy atom. The third kappa shape index (κ3) is 13.1. The molecule has 0 radical (unpaired) electrons. The fourth-order valence-electron chi connectivity index (χ4n) is 7.01. The molecule has 1 heterocycles. The van der Waals surface area contributed by atoms with Crippen LogP contribution in [0.15, 0.2) is 60.7 Å². The van der Waals surface area contributed by atoms with Gasteiger partial charge in [-0.2, -0.15) is 11.8 Å². The number of rotatable bonds is 19. The Bertz CT molecular complexity index is 1650. The number of alkyl carbamates (subject to hydrolysis) is 1. The van der Waals surface area contributed by atoms with Crippen molar-refractivity contribution in [2.45, 2.75) is 107 Å². The zero-order valence-electron chi connectivity index (χ0n) is 32.4. The van der Waals surface area contributed by atoms with Crippen LogP contribution in [0.4, 0.5) is 4.79 Å². The number of amides is 5. The van der Waals surface area contributed by atoms with Crippen molar-refractivity contribution in [1.29, 1.82) is 0 Å². The highest BCUT2D eigenvalue weighted by molar-refractivity contribution is 7.99. The van der Waals surface area contributed by atoms with E-state index in [2.05, 4.69) is 21.3 Å². The number of nitrogens with zero attached hydrogens (tertiary/aromatic N) is 1. The van der Waals surface area contributed by atoms with Gasteiger partial charge < -0.3 is 36.0 Å². The average molecular weight is 794 g/mol. The minimum Gasteiger partial charge on any atom is -0.479 e. The fourth-order valence-corrected chi connectivity index (χ4v) is 8.22. The number of aliphatic carboxylic acids is 1. The highest BCUT2D eigenvalue weighted by Gasteiger charge is 2.45. The molecule has 5 amide bonds. The summed E-state index contributed by atoms with van der Waals surface area (Å²) in [6, 6.07) is 13.3. The highest BCUT2D eigenvalue weighted by atomic mass is 32.2. The van der Waals surface area contributed by atoms with Gasteiger partial charge in [0.1, 0.15) is 12.1 Å². The molecule has 14 nitrogen and oxygen atoms in total. The lowest BCUT2D eigenvalue weighted by Gasteiger charge is -2.34. The molecule has 1 saturated carbocycles. The van der Waals surface area contributed by atoms with Crippen molar-refractivity contribution in [2.24, 2.45) is 11.8 Å². The molecule has 2 aliphatic rings. The molecule has 0 bridgehead atoms. The van der Waals surface area contributed by atoms with E-state index < -0.39 is 72.2 Å². The number of carboxylic acids is 1. The Morgan fingerprint density at radius 2 is 1.55 bits per heavy atom. The Balaban J connectivity index is 1.48. The minimum absolute atomic E-state index is 0.0978. The Kier molecular flexibility index (Phi) is 17.2. The number of likely N-dealkylation sites (tertiary alicyclic amines) is 1. The summed E-state index contributed by atoms with van der Waals surface area (Å²) in [5, 5.41) is 19.6. The van der Waals surface area contributed by atoms with Crippen molar-refractivity contribution in [3.05, 3.63) is 71.8 Å². The predicted octanol–water partition coefficient (Wildman–Crippen LogP) is 4.13. The molecule has 56 heavy (non-hydrogen) atoms. The van der Waals surface area contributed by atoms with Crippen LogP contribution in [0.1, 0.15) is 89.3 Å². The first-order chi connectivity index (χ1) is 26.9. The van der Waals surface area contributed by atoms with E-state index in [0.717, 1.165) is 37.7 Å². The van der Waals surface area contributed by atoms with Crippen molar-refractivity contribution in [2.75, 3.05) is 19.7 Å². The zero-order chi connectivity index (χ0) is 40.6. The van der Waals surface area contributed by atoms with E-state index >= 15 is 0 Å².